The van der Waals surface area contributed by atoms with Crippen LogP contribution in [0.2, 0.25) is 0 Å². The topological polar surface area (TPSA) is 85.3 Å². The van der Waals surface area contributed by atoms with Gasteiger partial charge in [-0.3, -0.25) is 13.9 Å². The molecule has 37 heavy (non-hydrogen) atoms. The lowest BCUT2D eigenvalue weighted by Crippen LogP contribution is -2.53. The molecule has 2 heterocycles. The van der Waals surface area contributed by atoms with Gasteiger partial charge in [0.2, 0.25) is 0 Å². The summed E-state index contributed by atoms with van der Waals surface area (Å²) in [5.41, 5.74) is 4.10. The average molecular weight is 520 g/mol. The lowest BCUT2D eigenvalue weighted by atomic mass is 10.1. The summed E-state index contributed by atoms with van der Waals surface area (Å²) in [5.74, 6) is -1.09. The number of halogens is 4. The highest BCUT2D eigenvalue weighted by molar-refractivity contribution is 5.50. The van der Waals surface area contributed by atoms with Crippen molar-refractivity contribution < 1.29 is 17.6 Å². The second-order valence-corrected chi connectivity index (χ2v) is 9.30. The molecule has 0 radical (unpaired) electrons. The van der Waals surface area contributed by atoms with E-state index in [-0.39, 0.29) is 24.0 Å². The fourth-order valence-corrected chi connectivity index (χ4v) is 4.78. The maximum atomic E-state index is 14.7. The van der Waals surface area contributed by atoms with E-state index in [1.807, 2.05) is 11.8 Å². The van der Waals surface area contributed by atoms with Crippen molar-refractivity contribution in [3.8, 4) is 0 Å². The number of aromatic nitrogens is 2. The molecule has 198 valence electrons. The fourth-order valence-electron chi connectivity index (χ4n) is 4.78. The lowest BCUT2D eigenvalue weighted by Gasteiger charge is -2.35. The van der Waals surface area contributed by atoms with Gasteiger partial charge in [0.25, 0.3) is 5.56 Å². The zero-order chi connectivity index (χ0) is 26.9. The van der Waals surface area contributed by atoms with E-state index in [1.165, 1.54) is 6.92 Å². The Bertz CT molecular complexity index is 1380. The predicted octanol–water partition coefficient (Wildman–Crippen LogP) is 3.02. The van der Waals surface area contributed by atoms with Gasteiger partial charge in [-0.1, -0.05) is 36.4 Å². The first kappa shape index (κ1) is 26.6. The molecule has 1 aliphatic rings. The molecule has 11 heteroatoms. The molecule has 2 atom stereocenters. The molecule has 0 saturated carbocycles. The van der Waals surface area contributed by atoms with Crippen LogP contribution in [0.5, 0.6) is 0 Å². The van der Waals surface area contributed by atoms with Gasteiger partial charge < -0.3 is 16.0 Å². The Balaban J connectivity index is 1.89. The second kappa shape index (κ2) is 10.5. The van der Waals surface area contributed by atoms with Crippen LogP contribution in [-0.4, -0.2) is 34.8 Å². The van der Waals surface area contributed by atoms with Crippen LogP contribution in [0, 0.1) is 12.7 Å². The van der Waals surface area contributed by atoms with Crippen LogP contribution in [0.15, 0.2) is 58.1 Å². The molecule has 1 saturated heterocycles. The summed E-state index contributed by atoms with van der Waals surface area (Å²) in [6, 6.07) is 10.9. The average Bonchev–Trinajstić information content (AvgIpc) is 2.85. The molecule has 0 bridgehead atoms. The van der Waals surface area contributed by atoms with Crippen LogP contribution in [-0.2, 0) is 19.3 Å². The summed E-state index contributed by atoms with van der Waals surface area (Å²) in [6.07, 6.45) is -4.82. The van der Waals surface area contributed by atoms with E-state index >= 15 is 0 Å². The predicted molar refractivity (Wildman–Crippen MR) is 133 cm³/mol. The highest BCUT2D eigenvalue weighted by Gasteiger charge is 2.35. The van der Waals surface area contributed by atoms with Crippen molar-refractivity contribution in [1.29, 1.82) is 0 Å². The molecule has 4 rings (SSSR count). The number of anilines is 1. The number of hydrogen-bond acceptors (Lipinski definition) is 5. The molecule has 0 aliphatic carbocycles. The standard InChI is InChI=1S/C26H29F4N5O2/c1-16-13-33(12-11-32-16)23-17(2)34(14-19-20(26(28,29)30)9-6-10-21(19)27)25(37)35(24(23)36)15-22(31)18-7-4-3-5-8-18/h3-10,16,22,32H,11-15,31H2,1-2H3/t16-,22-/m0/s1. The van der Waals surface area contributed by atoms with Crippen molar-refractivity contribution >= 4 is 5.69 Å². The van der Waals surface area contributed by atoms with Crippen molar-refractivity contribution in [3.63, 3.8) is 0 Å². The number of benzene rings is 2. The molecule has 0 unspecified atom stereocenters. The number of nitrogens with two attached hydrogens (primary N) is 1. The van der Waals surface area contributed by atoms with Gasteiger partial charge in [-0.25, -0.2) is 9.18 Å². The minimum atomic E-state index is -4.82. The third-order valence-electron chi connectivity index (χ3n) is 6.69. The number of nitrogens with zero attached hydrogens (tertiary/aromatic N) is 3. The fraction of sp³-hybridized carbons (Fsp3) is 0.385. The van der Waals surface area contributed by atoms with Crippen molar-refractivity contribution in [2.75, 3.05) is 24.5 Å². The van der Waals surface area contributed by atoms with Crippen LogP contribution < -0.4 is 27.2 Å². The monoisotopic (exact) mass is 519 g/mol. The maximum absolute atomic E-state index is 14.7. The van der Waals surface area contributed by atoms with Gasteiger partial charge >= 0.3 is 11.9 Å². The van der Waals surface area contributed by atoms with Gasteiger partial charge in [-0.15, -0.1) is 0 Å². The molecular formula is C26H29F4N5O2. The molecule has 2 aromatic carbocycles. The van der Waals surface area contributed by atoms with Crippen LogP contribution in [0.4, 0.5) is 23.2 Å². The summed E-state index contributed by atoms with van der Waals surface area (Å²) in [7, 11) is 0. The van der Waals surface area contributed by atoms with Gasteiger partial charge in [0.15, 0.2) is 0 Å². The number of hydrogen-bond donors (Lipinski definition) is 2. The second-order valence-electron chi connectivity index (χ2n) is 9.30. The molecular weight excluding hydrogens is 490 g/mol. The van der Waals surface area contributed by atoms with Crippen molar-refractivity contribution in [1.82, 2.24) is 14.5 Å². The smallest absolute Gasteiger partial charge is 0.363 e. The normalized spacial score (nSPS) is 17.2. The first-order valence-electron chi connectivity index (χ1n) is 12.0. The van der Waals surface area contributed by atoms with Crippen LogP contribution in [0.25, 0.3) is 0 Å². The van der Waals surface area contributed by atoms with E-state index in [4.69, 9.17) is 5.73 Å². The molecule has 3 N–H and O–H groups in total. The van der Waals surface area contributed by atoms with E-state index in [0.717, 1.165) is 27.3 Å². The van der Waals surface area contributed by atoms with E-state index in [0.29, 0.717) is 25.2 Å². The number of piperazine rings is 1. The highest BCUT2D eigenvalue weighted by atomic mass is 19.4. The Hall–Kier alpha value is -3.44. The zero-order valence-corrected chi connectivity index (χ0v) is 20.6. The summed E-state index contributed by atoms with van der Waals surface area (Å²) >= 11 is 0. The summed E-state index contributed by atoms with van der Waals surface area (Å²) in [6.45, 7) is 4.04. The summed E-state index contributed by atoms with van der Waals surface area (Å²) in [5, 5.41) is 3.27. The first-order chi connectivity index (χ1) is 17.5. The molecule has 1 fully saturated rings. The first-order valence-corrected chi connectivity index (χ1v) is 12.0. The number of nitrogens with one attached hydrogen (secondary N) is 1. The summed E-state index contributed by atoms with van der Waals surface area (Å²) < 4.78 is 57.8. The number of alkyl halides is 3. The van der Waals surface area contributed by atoms with E-state index in [9.17, 15) is 27.2 Å². The van der Waals surface area contributed by atoms with Gasteiger partial charge in [0, 0.05) is 43.0 Å². The Labute approximate surface area is 211 Å². The Morgan fingerprint density at radius 3 is 2.43 bits per heavy atom. The molecule has 7 nitrogen and oxygen atoms in total. The molecule has 0 spiro atoms. The Morgan fingerprint density at radius 1 is 1.08 bits per heavy atom. The number of rotatable bonds is 6. The van der Waals surface area contributed by atoms with E-state index in [1.54, 1.807) is 30.3 Å². The summed E-state index contributed by atoms with van der Waals surface area (Å²) in [4.78, 5) is 29.1. The minimum Gasteiger partial charge on any atom is -0.363 e. The molecule has 3 aromatic rings. The Morgan fingerprint density at radius 2 is 1.78 bits per heavy atom. The van der Waals surface area contributed by atoms with E-state index in [2.05, 4.69) is 5.32 Å². The van der Waals surface area contributed by atoms with Gasteiger partial charge in [-0.2, -0.15) is 13.2 Å². The van der Waals surface area contributed by atoms with Crippen LogP contribution >= 0.6 is 0 Å². The van der Waals surface area contributed by atoms with Crippen LogP contribution in [0.1, 0.15) is 35.3 Å². The van der Waals surface area contributed by atoms with E-state index < -0.39 is 47.0 Å². The molecule has 1 aromatic heterocycles. The minimum absolute atomic E-state index is 0.0383. The molecule has 0 amide bonds. The third kappa shape index (κ3) is 5.47. The highest BCUT2D eigenvalue weighted by Crippen LogP contribution is 2.33. The molecule has 1 aliphatic heterocycles. The largest absolute Gasteiger partial charge is 0.416 e. The van der Waals surface area contributed by atoms with Gasteiger partial charge in [0.05, 0.1) is 18.7 Å². The van der Waals surface area contributed by atoms with Gasteiger partial charge in [-0.05, 0) is 31.5 Å². The third-order valence-corrected chi connectivity index (χ3v) is 6.69. The quantitative estimate of drug-likeness (QED) is 0.489. The van der Waals surface area contributed by atoms with Crippen LogP contribution in [0.3, 0.4) is 0 Å². The Kier molecular flexibility index (Phi) is 7.56. The van der Waals surface area contributed by atoms with Crippen molar-refractivity contribution in [3.05, 3.63) is 97.6 Å². The van der Waals surface area contributed by atoms with Crippen molar-refractivity contribution in [2.45, 2.75) is 45.2 Å². The lowest BCUT2D eigenvalue weighted by molar-refractivity contribution is -0.138. The maximum Gasteiger partial charge on any atom is 0.416 e. The zero-order valence-electron chi connectivity index (χ0n) is 20.6. The van der Waals surface area contributed by atoms with Crippen molar-refractivity contribution in [2.24, 2.45) is 5.73 Å². The van der Waals surface area contributed by atoms with Gasteiger partial charge in [0.1, 0.15) is 11.5 Å². The SMILES string of the molecule is Cc1c(N2CCN[C@@H](C)C2)c(=O)n(C[C@H](N)c2ccccc2)c(=O)n1Cc1c(F)cccc1C(F)(F)F.